The zero-order valence-electron chi connectivity index (χ0n) is 12.5. The molecule has 1 atom stereocenters. The van der Waals surface area contributed by atoms with Crippen molar-refractivity contribution in [2.75, 3.05) is 33.9 Å². The first kappa shape index (κ1) is 17.4. The minimum atomic E-state index is -0.505. The van der Waals surface area contributed by atoms with Gasteiger partial charge < -0.3 is 14.7 Å². The fraction of sp³-hybridized carbons (Fsp3) is 0.625. The van der Waals surface area contributed by atoms with Crippen LogP contribution in [0, 0.1) is 0 Å². The summed E-state index contributed by atoms with van der Waals surface area (Å²) in [6.45, 7) is 1.93. The zero-order chi connectivity index (χ0) is 13.7. The van der Waals surface area contributed by atoms with E-state index in [-0.39, 0.29) is 12.4 Å². The van der Waals surface area contributed by atoms with Crippen LogP contribution in [0.1, 0.15) is 35.6 Å². The van der Waals surface area contributed by atoms with Crippen LogP contribution in [0.15, 0.2) is 18.2 Å². The van der Waals surface area contributed by atoms with Crippen LogP contribution in [0.4, 0.5) is 0 Å². The minimum Gasteiger partial charge on any atom is -0.386 e. The number of likely N-dealkylation sites (N-methyl/N-ethyl adjacent to an activating group) is 1. The fourth-order valence-corrected chi connectivity index (χ4v) is 2.50. The molecule has 1 aliphatic rings. The van der Waals surface area contributed by atoms with E-state index in [0.717, 1.165) is 18.5 Å². The second-order valence-corrected chi connectivity index (χ2v) is 5.63. The van der Waals surface area contributed by atoms with Gasteiger partial charge in [-0.2, -0.15) is 0 Å². The van der Waals surface area contributed by atoms with E-state index in [1.165, 1.54) is 30.4 Å². The summed E-state index contributed by atoms with van der Waals surface area (Å²) in [5.74, 6) is 0. The number of hydrogen-bond donors (Lipinski definition) is 1. The Morgan fingerprint density at radius 1 is 1.20 bits per heavy atom. The summed E-state index contributed by atoms with van der Waals surface area (Å²) < 4.78 is 5.51. The Morgan fingerprint density at radius 2 is 1.90 bits per heavy atom. The first-order chi connectivity index (χ1) is 9.16. The molecule has 1 aliphatic carbocycles. The quantitative estimate of drug-likeness (QED) is 0.820. The molecular formula is C16H26ClNO2. The predicted octanol–water partition coefficient (Wildman–Crippen LogP) is 2.60. The maximum absolute atomic E-state index is 10.1. The molecule has 20 heavy (non-hydrogen) atoms. The molecule has 0 radical (unpaired) electrons. The van der Waals surface area contributed by atoms with Crippen LogP contribution < -0.4 is 0 Å². The number of halogens is 1. The standard InChI is InChI=1S/C16H25NO2.ClH/c1-17(2)9-10-19-12-16(18)15-8-7-13-5-3-4-6-14(13)11-15;/h7-8,11,16,18H,3-6,9-10,12H2,1-2H3;1H. The van der Waals surface area contributed by atoms with Gasteiger partial charge in [-0.15, -0.1) is 12.4 Å². The molecule has 0 heterocycles. The first-order valence-electron chi connectivity index (χ1n) is 7.19. The molecule has 0 saturated heterocycles. The summed E-state index contributed by atoms with van der Waals surface area (Å²) in [7, 11) is 4.03. The lowest BCUT2D eigenvalue weighted by Gasteiger charge is -2.19. The van der Waals surface area contributed by atoms with E-state index in [4.69, 9.17) is 4.74 Å². The normalized spacial score (nSPS) is 15.6. The lowest BCUT2D eigenvalue weighted by atomic mass is 9.89. The van der Waals surface area contributed by atoms with E-state index in [9.17, 15) is 5.11 Å². The highest BCUT2D eigenvalue weighted by molar-refractivity contribution is 5.85. The number of aryl methyl sites for hydroxylation is 2. The molecule has 1 unspecified atom stereocenters. The molecule has 0 aromatic heterocycles. The number of ether oxygens (including phenoxy) is 1. The lowest BCUT2D eigenvalue weighted by molar-refractivity contribution is 0.0306. The summed E-state index contributed by atoms with van der Waals surface area (Å²) in [5, 5.41) is 10.1. The van der Waals surface area contributed by atoms with E-state index in [2.05, 4.69) is 17.0 Å². The van der Waals surface area contributed by atoms with Gasteiger partial charge in [0.1, 0.15) is 6.10 Å². The monoisotopic (exact) mass is 299 g/mol. The molecule has 0 fully saturated rings. The van der Waals surface area contributed by atoms with Crippen molar-refractivity contribution < 1.29 is 9.84 Å². The Balaban J connectivity index is 0.00000200. The average molecular weight is 300 g/mol. The van der Waals surface area contributed by atoms with Crippen molar-refractivity contribution in [2.45, 2.75) is 31.8 Å². The molecule has 2 rings (SSSR count). The Labute approximate surface area is 128 Å². The van der Waals surface area contributed by atoms with Gasteiger partial charge in [-0.05, 0) is 56.5 Å². The summed E-state index contributed by atoms with van der Waals surface area (Å²) in [5.41, 5.74) is 3.86. The molecule has 0 bridgehead atoms. The van der Waals surface area contributed by atoms with E-state index < -0.39 is 6.10 Å². The first-order valence-corrected chi connectivity index (χ1v) is 7.19. The number of hydrogen-bond acceptors (Lipinski definition) is 3. The highest BCUT2D eigenvalue weighted by atomic mass is 35.5. The summed E-state index contributed by atoms with van der Waals surface area (Å²) in [6, 6.07) is 6.38. The van der Waals surface area contributed by atoms with Crippen LogP contribution in [0.5, 0.6) is 0 Å². The Morgan fingerprint density at radius 3 is 2.60 bits per heavy atom. The maximum Gasteiger partial charge on any atom is 0.102 e. The molecule has 0 saturated carbocycles. The number of nitrogens with zero attached hydrogens (tertiary/aromatic N) is 1. The third kappa shape index (κ3) is 5.06. The number of benzene rings is 1. The molecule has 0 amide bonds. The smallest absolute Gasteiger partial charge is 0.102 e. The van der Waals surface area contributed by atoms with Gasteiger partial charge in [-0.25, -0.2) is 0 Å². The van der Waals surface area contributed by atoms with Crippen molar-refractivity contribution in [3.05, 3.63) is 34.9 Å². The highest BCUT2D eigenvalue weighted by Gasteiger charge is 2.13. The largest absolute Gasteiger partial charge is 0.386 e. The van der Waals surface area contributed by atoms with Gasteiger partial charge in [0.05, 0.1) is 13.2 Å². The fourth-order valence-electron chi connectivity index (χ4n) is 2.50. The second-order valence-electron chi connectivity index (χ2n) is 5.63. The predicted molar refractivity (Wildman–Crippen MR) is 84.7 cm³/mol. The molecular weight excluding hydrogens is 274 g/mol. The van der Waals surface area contributed by atoms with E-state index in [1.54, 1.807) is 0 Å². The zero-order valence-corrected chi connectivity index (χ0v) is 13.3. The van der Waals surface area contributed by atoms with Crippen molar-refractivity contribution in [1.82, 2.24) is 4.90 Å². The van der Waals surface area contributed by atoms with Gasteiger partial charge in [-0.3, -0.25) is 0 Å². The molecule has 1 aromatic carbocycles. The van der Waals surface area contributed by atoms with Gasteiger partial charge in [0, 0.05) is 6.54 Å². The van der Waals surface area contributed by atoms with Crippen LogP contribution in [-0.2, 0) is 17.6 Å². The highest BCUT2D eigenvalue weighted by Crippen LogP contribution is 2.24. The van der Waals surface area contributed by atoms with Crippen LogP contribution in [0.25, 0.3) is 0 Å². The second kappa shape index (κ2) is 8.63. The van der Waals surface area contributed by atoms with E-state index in [1.807, 2.05) is 20.2 Å². The van der Waals surface area contributed by atoms with E-state index in [0.29, 0.717) is 13.2 Å². The van der Waals surface area contributed by atoms with Crippen LogP contribution in [0.2, 0.25) is 0 Å². The maximum atomic E-state index is 10.1. The van der Waals surface area contributed by atoms with Gasteiger partial charge in [0.2, 0.25) is 0 Å². The Hall–Kier alpha value is -0.610. The van der Waals surface area contributed by atoms with Crippen LogP contribution in [-0.4, -0.2) is 43.9 Å². The number of aliphatic hydroxyl groups excluding tert-OH is 1. The van der Waals surface area contributed by atoms with Crippen molar-refractivity contribution in [2.24, 2.45) is 0 Å². The van der Waals surface area contributed by atoms with Gasteiger partial charge in [-0.1, -0.05) is 18.2 Å². The van der Waals surface area contributed by atoms with Gasteiger partial charge >= 0.3 is 0 Å². The summed E-state index contributed by atoms with van der Waals surface area (Å²) in [6.07, 6.45) is 4.39. The molecule has 114 valence electrons. The molecule has 4 heteroatoms. The van der Waals surface area contributed by atoms with Crippen molar-refractivity contribution in [3.63, 3.8) is 0 Å². The van der Waals surface area contributed by atoms with Crippen LogP contribution in [0.3, 0.4) is 0 Å². The average Bonchev–Trinajstić information content (AvgIpc) is 2.42. The van der Waals surface area contributed by atoms with Gasteiger partial charge in [0.25, 0.3) is 0 Å². The Kier molecular flexibility index (Phi) is 7.52. The summed E-state index contributed by atoms with van der Waals surface area (Å²) in [4.78, 5) is 2.07. The third-order valence-electron chi connectivity index (χ3n) is 3.72. The number of rotatable bonds is 6. The lowest BCUT2D eigenvalue weighted by Crippen LogP contribution is -2.19. The molecule has 3 nitrogen and oxygen atoms in total. The van der Waals surface area contributed by atoms with E-state index >= 15 is 0 Å². The van der Waals surface area contributed by atoms with Gasteiger partial charge in [0.15, 0.2) is 0 Å². The third-order valence-corrected chi connectivity index (χ3v) is 3.72. The van der Waals surface area contributed by atoms with Crippen LogP contribution >= 0.6 is 12.4 Å². The van der Waals surface area contributed by atoms with Crippen molar-refractivity contribution in [1.29, 1.82) is 0 Å². The Bertz CT molecular complexity index is 409. The molecule has 0 aliphatic heterocycles. The van der Waals surface area contributed by atoms with Crippen molar-refractivity contribution in [3.8, 4) is 0 Å². The number of aliphatic hydroxyl groups is 1. The molecule has 0 spiro atoms. The molecule has 1 aromatic rings. The topological polar surface area (TPSA) is 32.7 Å². The summed E-state index contributed by atoms with van der Waals surface area (Å²) >= 11 is 0. The number of fused-ring (bicyclic) bond motifs is 1. The minimum absolute atomic E-state index is 0. The van der Waals surface area contributed by atoms with Crippen molar-refractivity contribution >= 4 is 12.4 Å². The molecule has 1 N–H and O–H groups in total. The SMILES string of the molecule is CN(C)CCOCC(O)c1ccc2c(c1)CCCC2.Cl.